The molecule has 25 nitrogen and oxygen atoms in total. The predicted octanol–water partition coefficient (Wildman–Crippen LogP) is 0.0560. The first-order valence-electron chi connectivity index (χ1n) is 25.8. The van der Waals surface area contributed by atoms with Crippen LogP contribution in [0.5, 0.6) is 0 Å². The number of carbonyl (C=O) groups is 10. The van der Waals surface area contributed by atoms with Gasteiger partial charge in [-0.1, -0.05) is 42.5 Å². The molecule has 2 aromatic carbocycles. The number of carbonyl (C=O) groups excluding carboxylic acids is 6. The van der Waals surface area contributed by atoms with E-state index in [0.29, 0.717) is 110 Å². The second kappa shape index (κ2) is 31.2. The van der Waals surface area contributed by atoms with Crippen LogP contribution in [0.15, 0.2) is 42.5 Å². The highest BCUT2D eigenvalue weighted by atomic mass is 16.5. The lowest BCUT2D eigenvalue weighted by Crippen LogP contribution is -2.53. The monoisotopic (exact) mass is 1070 g/mol. The molecule has 2 heterocycles. The van der Waals surface area contributed by atoms with Crippen LogP contribution in [0.25, 0.3) is 10.8 Å². The average Bonchev–Trinajstić information content (AvgIpc) is 3.39. The molecule has 0 bridgehead atoms. The van der Waals surface area contributed by atoms with Gasteiger partial charge in [-0.25, -0.2) is 14.4 Å². The van der Waals surface area contributed by atoms with Gasteiger partial charge >= 0.3 is 29.9 Å². The SMILES string of the molecule is O=COCN1CCN(COC=O)CCN(CC(=O)N2CCC3CC(C(=O)N[C@@H](Cc4ccc5ccccc5c4)C(=O)NCCCCC(NC(=O)N[C@@H](CCC(=O)O)C(=O)O)C(=O)O)CCC3C2)CCN(CC(=O)O)CC1. The third kappa shape index (κ3) is 20.3. The standard InChI is InChI=1S/C51H73N9O16/c61-33-75-31-58-21-19-56(17-18-57(30-46(66)67)20-22-59(24-23-58)32-76-34-62)29-44(63)60-16-14-38-27-39(10-11-40(38)28-60)47(68)53-43(26-35-8-9-36-5-1-2-6-37(36)25-35)48(69)52-15-4-3-7-41(49(70)71)54-51(74)55-42(50(72)73)12-13-45(64)65/h1-2,5-6,8-9,25,33-34,38-43H,3-4,7,10-24,26-32H2,(H,52,69)(H,53,68)(H,64,65)(H,66,67)(H,70,71)(H,72,73)(H2,54,55,74)/t38?,39?,40?,41?,42-,43-/m0/s1. The van der Waals surface area contributed by atoms with Crippen molar-refractivity contribution in [2.75, 3.05) is 98.5 Å². The topological polar surface area (TPSA) is 334 Å². The van der Waals surface area contributed by atoms with Gasteiger partial charge in [0.25, 0.3) is 12.9 Å². The Morgan fingerprint density at radius 2 is 1.21 bits per heavy atom. The lowest BCUT2D eigenvalue weighted by atomic mass is 9.70. The highest BCUT2D eigenvalue weighted by Gasteiger charge is 2.39. The number of carboxylic acid groups (broad SMARTS) is 4. The van der Waals surface area contributed by atoms with Crippen molar-refractivity contribution in [1.29, 1.82) is 0 Å². The molecule has 418 valence electrons. The van der Waals surface area contributed by atoms with Gasteiger partial charge in [0.1, 0.15) is 31.6 Å². The molecular weight excluding hydrogens is 995 g/mol. The quantitative estimate of drug-likeness (QED) is 0.0433. The van der Waals surface area contributed by atoms with Crippen molar-refractivity contribution in [2.24, 2.45) is 17.8 Å². The summed E-state index contributed by atoms with van der Waals surface area (Å²) in [4.78, 5) is 132. The maximum absolute atomic E-state index is 14.1. The number of piperidine rings is 1. The number of urea groups is 1. The molecule has 0 aromatic heterocycles. The number of nitrogens with zero attached hydrogens (tertiary/aromatic N) is 5. The highest BCUT2D eigenvalue weighted by Crippen LogP contribution is 2.39. The number of rotatable bonds is 27. The number of fused-ring (bicyclic) bond motifs is 2. The van der Waals surface area contributed by atoms with Crippen molar-refractivity contribution in [3.8, 4) is 0 Å². The molecule has 3 aliphatic rings. The van der Waals surface area contributed by atoms with Crippen molar-refractivity contribution >= 4 is 71.3 Å². The van der Waals surface area contributed by atoms with Gasteiger partial charge in [0, 0.05) is 90.8 Å². The Morgan fingerprint density at radius 3 is 1.80 bits per heavy atom. The Hall–Kier alpha value is -6.96. The second-order valence-electron chi connectivity index (χ2n) is 19.7. The molecule has 76 heavy (non-hydrogen) atoms. The van der Waals surface area contributed by atoms with Crippen molar-refractivity contribution < 1.29 is 77.8 Å². The van der Waals surface area contributed by atoms with Crippen LogP contribution in [0.4, 0.5) is 4.79 Å². The summed E-state index contributed by atoms with van der Waals surface area (Å²) in [6.45, 7) is 5.12. The zero-order valence-corrected chi connectivity index (χ0v) is 42.8. The van der Waals surface area contributed by atoms with E-state index in [1.165, 1.54) is 0 Å². The number of nitrogens with one attached hydrogen (secondary N) is 4. The van der Waals surface area contributed by atoms with Gasteiger partial charge in [-0.3, -0.25) is 53.2 Å². The zero-order chi connectivity index (χ0) is 55.0. The van der Waals surface area contributed by atoms with Crippen LogP contribution in [-0.4, -0.2) is 222 Å². The molecule has 5 amide bonds. The normalized spacial score (nSPS) is 20.4. The predicted molar refractivity (Wildman–Crippen MR) is 271 cm³/mol. The van der Waals surface area contributed by atoms with E-state index in [1.54, 1.807) is 4.90 Å². The van der Waals surface area contributed by atoms with E-state index in [4.69, 9.17) is 14.6 Å². The number of carboxylic acids is 4. The van der Waals surface area contributed by atoms with Crippen molar-refractivity contribution in [2.45, 2.75) is 82.3 Å². The van der Waals surface area contributed by atoms with E-state index in [9.17, 15) is 63.3 Å². The van der Waals surface area contributed by atoms with Crippen molar-refractivity contribution in [3.05, 3.63) is 48.0 Å². The number of unbranched alkanes of at least 4 members (excludes halogenated alkanes) is 1. The van der Waals surface area contributed by atoms with E-state index in [2.05, 4.69) is 21.3 Å². The van der Waals surface area contributed by atoms with Gasteiger partial charge in [0.15, 0.2) is 0 Å². The van der Waals surface area contributed by atoms with E-state index >= 15 is 0 Å². The lowest BCUT2D eigenvalue weighted by molar-refractivity contribution is -0.141. The Labute approximate surface area is 440 Å². The van der Waals surface area contributed by atoms with Gasteiger partial charge < -0.3 is 56.1 Å². The summed E-state index contributed by atoms with van der Waals surface area (Å²) in [6, 6.07) is 8.62. The van der Waals surface area contributed by atoms with Crippen LogP contribution in [0.1, 0.15) is 63.4 Å². The summed E-state index contributed by atoms with van der Waals surface area (Å²) >= 11 is 0. The second-order valence-corrected chi connectivity index (χ2v) is 19.7. The smallest absolute Gasteiger partial charge is 0.326 e. The first-order valence-corrected chi connectivity index (χ1v) is 25.8. The molecule has 3 fully saturated rings. The molecule has 5 rings (SSSR count). The third-order valence-corrected chi connectivity index (χ3v) is 14.3. The minimum Gasteiger partial charge on any atom is -0.481 e. The van der Waals surface area contributed by atoms with Crippen LogP contribution in [-0.2, 0) is 59.0 Å². The van der Waals surface area contributed by atoms with E-state index in [1.807, 2.05) is 62.1 Å². The molecule has 0 radical (unpaired) electrons. The fourth-order valence-corrected chi connectivity index (χ4v) is 10.0. The van der Waals surface area contributed by atoms with Gasteiger partial charge in [0.05, 0.1) is 13.1 Å². The Balaban J connectivity index is 1.15. The van der Waals surface area contributed by atoms with Crippen molar-refractivity contribution in [3.63, 3.8) is 0 Å². The van der Waals surface area contributed by atoms with Crippen molar-refractivity contribution in [1.82, 2.24) is 45.8 Å². The number of ether oxygens (including phenoxy) is 2. The molecular formula is C51H73N9O16. The summed E-state index contributed by atoms with van der Waals surface area (Å²) in [7, 11) is 0. The number of likely N-dealkylation sites (tertiary alicyclic amines) is 1. The third-order valence-electron chi connectivity index (χ3n) is 14.3. The van der Waals surface area contributed by atoms with Crippen LogP contribution < -0.4 is 21.3 Å². The first kappa shape index (κ1) is 59.9. The van der Waals surface area contributed by atoms with E-state index < -0.39 is 66.8 Å². The van der Waals surface area contributed by atoms with Crippen LogP contribution in [0, 0.1) is 17.8 Å². The van der Waals surface area contributed by atoms with Crippen LogP contribution in [0.2, 0.25) is 0 Å². The zero-order valence-electron chi connectivity index (χ0n) is 42.8. The molecule has 2 aromatic rings. The number of benzene rings is 2. The van der Waals surface area contributed by atoms with Crippen LogP contribution >= 0.6 is 0 Å². The minimum absolute atomic E-state index is 0.0198. The maximum atomic E-state index is 14.1. The van der Waals surface area contributed by atoms with E-state index in [0.717, 1.165) is 16.3 Å². The Morgan fingerprint density at radius 1 is 0.618 bits per heavy atom. The maximum Gasteiger partial charge on any atom is 0.326 e. The van der Waals surface area contributed by atoms with E-state index in [-0.39, 0.29) is 81.9 Å². The van der Waals surface area contributed by atoms with Crippen LogP contribution in [0.3, 0.4) is 0 Å². The molecule has 2 saturated heterocycles. The lowest BCUT2D eigenvalue weighted by Gasteiger charge is -2.44. The van der Waals surface area contributed by atoms with Gasteiger partial charge in [-0.15, -0.1) is 0 Å². The molecule has 2 aliphatic heterocycles. The van der Waals surface area contributed by atoms with Gasteiger partial charge in [0.2, 0.25) is 17.7 Å². The molecule has 1 saturated carbocycles. The van der Waals surface area contributed by atoms with Gasteiger partial charge in [-0.05, 0) is 79.5 Å². The summed E-state index contributed by atoms with van der Waals surface area (Å²) < 4.78 is 10.1. The molecule has 8 N–H and O–H groups in total. The van der Waals surface area contributed by atoms with Gasteiger partial charge in [-0.2, -0.15) is 0 Å². The first-order chi connectivity index (χ1) is 36.5. The number of hydrogen-bond acceptors (Lipinski definition) is 16. The summed E-state index contributed by atoms with van der Waals surface area (Å²) in [5.41, 5.74) is 0.825. The summed E-state index contributed by atoms with van der Waals surface area (Å²) in [5, 5.41) is 49.8. The average molecular weight is 1070 g/mol. The minimum atomic E-state index is -1.55. The highest BCUT2D eigenvalue weighted by molar-refractivity contribution is 5.90. The fourth-order valence-electron chi connectivity index (χ4n) is 10.0. The fraction of sp³-hybridized carbons (Fsp3) is 0.608. The number of aliphatic carboxylic acids is 4. The Kier molecular flexibility index (Phi) is 24.6. The molecule has 1 aliphatic carbocycles. The largest absolute Gasteiger partial charge is 0.481 e. The molecule has 0 spiro atoms. The summed E-state index contributed by atoms with van der Waals surface area (Å²) in [5.74, 6) is -5.88. The molecule has 4 unspecified atom stereocenters. The number of amides is 5. The molecule has 6 atom stereocenters. The molecule has 25 heteroatoms. The summed E-state index contributed by atoms with van der Waals surface area (Å²) in [6.07, 6.45) is 2.26. The number of hydrogen-bond donors (Lipinski definition) is 8. The Bertz CT molecular complexity index is 2310.